The molecule has 0 radical (unpaired) electrons. The fourth-order valence-corrected chi connectivity index (χ4v) is 4.19. The Bertz CT molecular complexity index is 1330. The topological polar surface area (TPSA) is 83.7 Å². The molecule has 2 aromatic carbocycles. The van der Waals surface area contributed by atoms with E-state index in [1.165, 1.54) is 0 Å². The average Bonchev–Trinajstić information content (AvgIpc) is 3.16. The van der Waals surface area contributed by atoms with Gasteiger partial charge in [0.2, 0.25) is 0 Å². The largest absolute Gasteiger partial charge is 0.455 e. The van der Waals surface area contributed by atoms with Crippen molar-refractivity contribution in [3.05, 3.63) is 85.7 Å². The first-order valence-corrected chi connectivity index (χ1v) is 11.6. The lowest BCUT2D eigenvalue weighted by Gasteiger charge is -2.13. The molecular formula is C24H18BrClF3N3O3. The summed E-state index contributed by atoms with van der Waals surface area (Å²) in [6.07, 6.45) is -2.80. The van der Waals surface area contributed by atoms with Crippen LogP contribution in [0.1, 0.15) is 56.2 Å². The van der Waals surface area contributed by atoms with Crippen molar-refractivity contribution < 1.29 is 27.2 Å². The summed E-state index contributed by atoms with van der Waals surface area (Å²) in [5.74, 6) is -0.671. The molecule has 11 heteroatoms. The molecule has 2 N–H and O–H groups in total. The standard InChI is InChI=1S/C24H18BrClF3N3O3/c1-12-20-17(31-32-22(33)13-5-8-15(25)9-6-13)3-2-4-19(20)35-21(12)23(34)30-18-11-14(24(27,28)29)7-10-16(18)26/h5-11H,2-4H2,1H3,(H,30,34)(H,32,33)/b31-17+. The first kappa shape index (κ1) is 25.0. The second-order valence-electron chi connectivity index (χ2n) is 7.86. The number of hydrogen-bond donors (Lipinski definition) is 2. The molecule has 0 unspecified atom stereocenters. The van der Waals surface area contributed by atoms with Crippen LogP contribution < -0.4 is 10.7 Å². The number of hydrogen-bond acceptors (Lipinski definition) is 4. The number of carbonyl (C=O) groups excluding carboxylic acids is 2. The molecule has 1 aliphatic carbocycles. The van der Waals surface area contributed by atoms with Crippen molar-refractivity contribution in [2.45, 2.75) is 32.4 Å². The quantitative estimate of drug-likeness (QED) is 0.342. The molecule has 0 saturated carbocycles. The van der Waals surface area contributed by atoms with Crippen LogP contribution in [-0.2, 0) is 12.6 Å². The van der Waals surface area contributed by atoms with E-state index in [1.54, 1.807) is 31.2 Å². The number of hydrazone groups is 1. The summed E-state index contributed by atoms with van der Waals surface area (Å²) in [5, 5.41) is 6.62. The SMILES string of the molecule is Cc1c(C(=O)Nc2cc(C(F)(F)F)ccc2Cl)oc2c1/C(=N/NC(=O)c1ccc(Br)cc1)CCC2. The number of fused-ring (bicyclic) bond motifs is 1. The summed E-state index contributed by atoms with van der Waals surface area (Å²) in [7, 11) is 0. The van der Waals surface area contributed by atoms with Crippen molar-refractivity contribution in [2.24, 2.45) is 5.10 Å². The van der Waals surface area contributed by atoms with Gasteiger partial charge < -0.3 is 9.73 Å². The summed E-state index contributed by atoms with van der Waals surface area (Å²) < 4.78 is 45.8. The van der Waals surface area contributed by atoms with Crippen molar-refractivity contribution in [1.82, 2.24) is 5.43 Å². The van der Waals surface area contributed by atoms with Crippen molar-refractivity contribution >= 4 is 50.7 Å². The monoisotopic (exact) mass is 567 g/mol. The van der Waals surface area contributed by atoms with Gasteiger partial charge in [0.05, 0.1) is 22.0 Å². The third kappa shape index (κ3) is 5.43. The average molecular weight is 569 g/mol. The van der Waals surface area contributed by atoms with Crippen molar-refractivity contribution in [1.29, 1.82) is 0 Å². The number of amides is 2. The van der Waals surface area contributed by atoms with Crippen LogP contribution in [0, 0.1) is 6.92 Å². The molecule has 6 nitrogen and oxygen atoms in total. The highest BCUT2D eigenvalue weighted by Gasteiger charge is 2.32. The fourth-order valence-electron chi connectivity index (χ4n) is 3.76. The second kappa shape index (κ2) is 9.87. The van der Waals surface area contributed by atoms with E-state index in [-0.39, 0.29) is 16.5 Å². The molecule has 182 valence electrons. The Hall–Kier alpha value is -3.11. The molecule has 0 aliphatic heterocycles. The third-order valence-corrected chi connectivity index (χ3v) is 6.33. The normalized spacial score (nSPS) is 14.5. The van der Waals surface area contributed by atoms with Gasteiger partial charge in [0.25, 0.3) is 11.8 Å². The van der Waals surface area contributed by atoms with E-state index >= 15 is 0 Å². The van der Waals surface area contributed by atoms with Gasteiger partial charge in [-0.1, -0.05) is 27.5 Å². The fraction of sp³-hybridized carbons (Fsp3) is 0.208. The zero-order valence-electron chi connectivity index (χ0n) is 18.2. The molecule has 0 spiro atoms. The van der Waals surface area contributed by atoms with Crippen molar-refractivity contribution in [2.75, 3.05) is 5.32 Å². The number of benzene rings is 2. The molecule has 0 fully saturated rings. The minimum Gasteiger partial charge on any atom is -0.455 e. The van der Waals surface area contributed by atoms with Crippen LogP contribution in [0.3, 0.4) is 0 Å². The Balaban J connectivity index is 1.58. The van der Waals surface area contributed by atoms with Crippen molar-refractivity contribution in [3.63, 3.8) is 0 Å². The van der Waals surface area contributed by atoms with E-state index in [9.17, 15) is 22.8 Å². The summed E-state index contributed by atoms with van der Waals surface area (Å²) in [5.41, 5.74) is 3.45. The summed E-state index contributed by atoms with van der Waals surface area (Å²) >= 11 is 9.31. The number of halogens is 5. The van der Waals surface area contributed by atoms with Gasteiger partial charge in [0.1, 0.15) is 5.76 Å². The van der Waals surface area contributed by atoms with Gasteiger partial charge in [-0.15, -0.1) is 0 Å². The van der Waals surface area contributed by atoms with Crippen LogP contribution in [0.2, 0.25) is 5.02 Å². The van der Waals surface area contributed by atoms with Gasteiger partial charge in [-0.3, -0.25) is 9.59 Å². The van der Waals surface area contributed by atoms with Gasteiger partial charge in [-0.2, -0.15) is 18.3 Å². The van der Waals surface area contributed by atoms with E-state index in [0.29, 0.717) is 47.4 Å². The van der Waals surface area contributed by atoms with E-state index in [0.717, 1.165) is 22.7 Å². The Morgan fingerprint density at radius 2 is 1.80 bits per heavy atom. The van der Waals surface area contributed by atoms with Crippen LogP contribution in [0.4, 0.5) is 18.9 Å². The number of nitrogens with one attached hydrogen (secondary N) is 2. The molecule has 35 heavy (non-hydrogen) atoms. The highest BCUT2D eigenvalue weighted by molar-refractivity contribution is 9.10. The number of carbonyl (C=O) groups is 2. The molecule has 0 saturated heterocycles. The lowest BCUT2D eigenvalue weighted by atomic mass is 9.93. The van der Waals surface area contributed by atoms with Crippen LogP contribution in [-0.4, -0.2) is 17.5 Å². The Morgan fingerprint density at radius 3 is 2.49 bits per heavy atom. The molecule has 1 aromatic heterocycles. The number of nitrogens with zero attached hydrogens (tertiary/aromatic N) is 1. The Labute approximate surface area is 211 Å². The predicted molar refractivity (Wildman–Crippen MR) is 129 cm³/mol. The van der Waals surface area contributed by atoms with Crippen LogP contribution in [0.15, 0.2) is 56.5 Å². The number of furan rings is 1. The van der Waals surface area contributed by atoms with Crippen LogP contribution in [0.25, 0.3) is 0 Å². The van der Waals surface area contributed by atoms with E-state index < -0.39 is 23.6 Å². The maximum atomic E-state index is 13.1. The number of anilines is 1. The molecule has 2 amide bonds. The maximum Gasteiger partial charge on any atom is 0.416 e. The Kier molecular flexibility index (Phi) is 7.05. The van der Waals surface area contributed by atoms with Crippen molar-refractivity contribution in [3.8, 4) is 0 Å². The first-order chi connectivity index (χ1) is 16.5. The van der Waals surface area contributed by atoms with Crippen LogP contribution in [0.5, 0.6) is 0 Å². The number of aryl methyl sites for hydroxylation is 1. The highest BCUT2D eigenvalue weighted by atomic mass is 79.9. The molecule has 3 aromatic rings. The lowest BCUT2D eigenvalue weighted by Crippen LogP contribution is -2.22. The minimum atomic E-state index is -4.59. The molecule has 0 atom stereocenters. The van der Waals surface area contributed by atoms with E-state index in [4.69, 9.17) is 16.0 Å². The lowest BCUT2D eigenvalue weighted by molar-refractivity contribution is -0.137. The number of alkyl halides is 3. The number of rotatable bonds is 4. The Morgan fingerprint density at radius 1 is 1.09 bits per heavy atom. The summed E-state index contributed by atoms with van der Waals surface area (Å²) in [6.45, 7) is 1.66. The predicted octanol–water partition coefficient (Wildman–Crippen LogP) is 6.75. The second-order valence-corrected chi connectivity index (χ2v) is 9.18. The molecule has 1 aliphatic rings. The molecule has 1 heterocycles. The summed E-state index contributed by atoms with van der Waals surface area (Å²) in [4.78, 5) is 25.3. The molecular weight excluding hydrogens is 551 g/mol. The molecule has 0 bridgehead atoms. The zero-order valence-corrected chi connectivity index (χ0v) is 20.6. The smallest absolute Gasteiger partial charge is 0.416 e. The van der Waals surface area contributed by atoms with E-state index in [2.05, 4.69) is 31.8 Å². The zero-order chi connectivity index (χ0) is 25.3. The summed E-state index contributed by atoms with van der Waals surface area (Å²) in [6, 6.07) is 9.44. The van der Waals surface area contributed by atoms with Gasteiger partial charge >= 0.3 is 6.18 Å². The van der Waals surface area contributed by atoms with Gasteiger partial charge in [-0.05, 0) is 62.2 Å². The van der Waals surface area contributed by atoms with Crippen LogP contribution >= 0.6 is 27.5 Å². The van der Waals surface area contributed by atoms with Gasteiger partial charge in [0.15, 0.2) is 5.76 Å². The molecule has 4 rings (SSSR count). The maximum absolute atomic E-state index is 13.1. The minimum absolute atomic E-state index is 0.0433. The van der Waals surface area contributed by atoms with Gasteiger partial charge in [0, 0.05) is 27.6 Å². The first-order valence-electron chi connectivity index (χ1n) is 10.5. The van der Waals surface area contributed by atoms with E-state index in [1.807, 2.05) is 0 Å². The van der Waals surface area contributed by atoms with Gasteiger partial charge in [-0.25, -0.2) is 5.43 Å². The third-order valence-electron chi connectivity index (χ3n) is 5.47. The highest BCUT2D eigenvalue weighted by Crippen LogP contribution is 2.35.